The number of nitro benzene ring substituents is 1. The maximum Gasteiger partial charge on any atom is 0.501 e. The zero-order chi connectivity index (χ0) is 22.8. The van der Waals surface area contributed by atoms with Gasteiger partial charge >= 0.3 is 5.51 Å². The van der Waals surface area contributed by atoms with Crippen molar-refractivity contribution in [2.45, 2.75) is 23.2 Å². The molecule has 1 aliphatic rings. The fourth-order valence-electron chi connectivity index (χ4n) is 3.39. The molecule has 12 heteroatoms. The molecule has 1 N–H and O–H groups in total. The van der Waals surface area contributed by atoms with E-state index in [9.17, 15) is 36.5 Å². The maximum absolute atomic E-state index is 12.8. The molecule has 0 aromatic heterocycles. The van der Waals surface area contributed by atoms with Crippen LogP contribution >= 0.6 is 0 Å². The molecule has 1 fully saturated rings. The number of piperidine rings is 1. The first kappa shape index (κ1) is 22.5. The number of hydrogen-bond acceptors (Lipinski definition) is 6. The Kier molecular flexibility index (Phi) is 6.20. The number of anilines is 2. The topological polar surface area (TPSA) is 110 Å². The Hall–Kier alpha value is -3.15. The summed E-state index contributed by atoms with van der Waals surface area (Å²) in [4.78, 5) is 23.4. The first-order valence-corrected chi connectivity index (χ1v) is 10.7. The van der Waals surface area contributed by atoms with Crippen molar-refractivity contribution in [3.63, 3.8) is 0 Å². The highest BCUT2D eigenvalue weighted by molar-refractivity contribution is 7.92. The lowest BCUT2D eigenvalue weighted by Crippen LogP contribution is -2.41. The summed E-state index contributed by atoms with van der Waals surface area (Å²) in [5.74, 6) is -0.790. The van der Waals surface area contributed by atoms with Gasteiger partial charge in [-0.25, -0.2) is 8.42 Å². The fourth-order valence-corrected chi connectivity index (χ4v) is 4.17. The number of rotatable bonds is 5. The van der Waals surface area contributed by atoms with Crippen LogP contribution in [0, 0.1) is 16.0 Å². The average molecular weight is 457 g/mol. The minimum Gasteiger partial charge on any atom is -0.365 e. The molecule has 0 spiro atoms. The molecular formula is C19H18F3N3O5S. The Balaban J connectivity index is 1.86. The number of benzene rings is 2. The lowest BCUT2D eigenvalue weighted by molar-refractivity contribution is -0.384. The van der Waals surface area contributed by atoms with Gasteiger partial charge in [0, 0.05) is 24.8 Å². The van der Waals surface area contributed by atoms with E-state index >= 15 is 0 Å². The van der Waals surface area contributed by atoms with Crippen molar-refractivity contribution < 1.29 is 31.3 Å². The number of nitrogens with zero attached hydrogens (tertiary/aromatic N) is 2. The van der Waals surface area contributed by atoms with Crippen LogP contribution < -0.4 is 10.2 Å². The number of halogens is 3. The summed E-state index contributed by atoms with van der Waals surface area (Å²) < 4.78 is 61.7. The van der Waals surface area contributed by atoms with E-state index in [1.807, 2.05) is 0 Å². The summed E-state index contributed by atoms with van der Waals surface area (Å²) >= 11 is 0. The molecule has 1 heterocycles. The van der Waals surface area contributed by atoms with E-state index in [4.69, 9.17) is 0 Å². The first-order valence-electron chi connectivity index (χ1n) is 9.21. The molecule has 166 valence electrons. The van der Waals surface area contributed by atoms with Crippen molar-refractivity contribution >= 4 is 32.8 Å². The van der Waals surface area contributed by atoms with Gasteiger partial charge < -0.3 is 10.2 Å². The molecule has 1 atom stereocenters. The van der Waals surface area contributed by atoms with Gasteiger partial charge in [-0.1, -0.05) is 18.2 Å². The molecule has 8 nitrogen and oxygen atoms in total. The van der Waals surface area contributed by atoms with Crippen LogP contribution in [0.4, 0.5) is 30.2 Å². The normalized spacial score (nSPS) is 17.3. The summed E-state index contributed by atoms with van der Waals surface area (Å²) in [6, 6.07) is 10.8. The second-order valence-corrected chi connectivity index (χ2v) is 8.94. The molecule has 3 rings (SSSR count). The Morgan fingerprint density at radius 1 is 1.16 bits per heavy atom. The van der Waals surface area contributed by atoms with E-state index in [0.29, 0.717) is 37.2 Å². The van der Waals surface area contributed by atoms with E-state index < -0.39 is 36.8 Å². The van der Waals surface area contributed by atoms with Crippen molar-refractivity contribution in [2.24, 2.45) is 5.92 Å². The Morgan fingerprint density at radius 2 is 1.84 bits per heavy atom. The van der Waals surface area contributed by atoms with E-state index in [1.54, 1.807) is 30.3 Å². The summed E-state index contributed by atoms with van der Waals surface area (Å²) in [6.07, 6.45) is 1.05. The Morgan fingerprint density at radius 3 is 2.45 bits per heavy atom. The molecule has 31 heavy (non-hydrogen) atoms. The third kappa shape index (κ3) is 4.79. The minimum absolute atomic E-state index is 0.0386. The molecular weight excluding hydrogens is 439 g/mol. The van der Waals surface area contributed by atoms with Gasteiger partial charge in [-0.2, -0.15) is 13.2 Å². The van der Waals surface area contributed by atoms with Crippen LogP contribution in [-0.2, 0) is 14.6 Å². The highest BCUT2D eigenvalue weighted by atomic mass is 32.2. The fraction of sp³-hybridized carbons (Fsp3) is 0.316. The van der Waals surface area contributed by atoms with Crippen molar-refractivity contribution in [3.8, 4) is 0 Å². The summed E-state index contributed by atoms with van der Waals surface area (Å²) in [6.45, 7) is 0.437. The van der Waals surface area contributed by atoms with Crippen LogP contribution in [0.3, 0.4) is 0 Å². The first-order chi connectivity index (χ1) is 14.5. The zero-order valence-corrected chi connectivity index (χ0v) is 16.8. The second-order valence-electron chi connectivity index (χ2n) is 7.00. The number of nitro groups is 1. The number of alkyl halides is 3. The Labute approximate surface area is 175 Å². The monoisotopic (exact) mass is 457 g/mol. The van der Waals surface area contributed by atoms with Crippen LogP contribution in [0.25, 0.3) is 0 Å². The smallest absolute Gasteiger partial charge is 0.365 e. The van der Waals surface area contributed by atoms with Crippen LogP contribution in [0.15, 0.2) is 53.4 Å². The largest absolute Gasteiger partial charge is 0.501 e. The van der Waals surface area contributed by atoms with Crippen molar-refractivity contribution in [3.05, 3.63) is 58.6 Å². The van der Waals surface area contributed by atoms with Crippen LogP contribution in [0.1, 0.15) is 12.8 Å². The summed E-state index contributed by atoms with van der Waals surface area (Å²) in [5, 5.41) is 14.2. The lowest BCUT2D eigenvalue weighted by atomic mass is 9.96. The standard InChI is InChI=1S/C19H18F3N3O5S/c20-19(21,22)31(29,30)15-8-9-16(17(11-15)25(27)28)24-10-4-5-13(12-24)18(26)23-14-6-2-1-3-7-14/h1-3,6-9,11,13H,4-5,10,12H2,(H,23,26). The average Bonchev–Trinajstić information content (AvgIpc) is 2.73. The maximum atomic E-state index is 12.8. The van der Waals surface area contributed by atoms with Crippen LogP contribution in [-0.4, -0.2) is 37.8 Å². The molecule has 2 aromatic rings. The van der Waals surface area contributed by atoms with E-state index in [1.165, 1.54) is 4.90 Å². The molecule has 1 unspecified atom stereocenters. The SMILES string of the molecule is O=C(Nc1ccccc1)C1CCCN(c2ccc(S(=O)(=O)C(F)(F)F)cc2[N+](=O)[O-])C1. The molecule has 1 saturated heterocycles. The second kappa shape index (κ2) is 8.53. The number of carbonyl (C=O) groups excluding carboxylic acids is 1. The van der Waals surface area contributed by atoms with Gasteiger partial charge in [-0.3, -0.25) is 14.9 Å². The van der Waals surface area contributed by atoms with Crippen LogP contribution in [0.5, 0.6) is 0 Å². The number of para-hydroxylation sites is 1. The molecule has 0 radical (unpaired) electrons. The van der Waals surface area contributed by atoms with Crippen LogP contribution in [0.2, 0.25) is 0 Å². The number of nitrogens with one attached hydrogen (secondary N) is 1. The van der Waals surface area contributed by atoms with E-state index in [2.05, 4.69) is 5.32 Å². The van der Waals surface area contributed by atoms with E-state index in [-0.39, 0.29) is 18.1 Å². The molecule has 1 amide bonds. The third-order valence-electron chi connectivity index (χ3n) is 4.93. The van der Waals surface area contributed by atoms with Gasteiger partial charge in [0.05, 0.1) is 15.7 Å². The van der Waals surface area contributed by atoms with Crippen molar-refractivity contribution in [1.29, 1.82) is 0 Å². The lowest BCUT2D eigenvalue weighted by Gasteiger charge is -2.33. The predicted octanol–water partition coefficient (Wildman–Crippen LogP) is 3.74. The van der Waals surface area contributed by atoms with Gasteiger partial charge in [0.1, 0.15) is 5.69 Å². The minimum atomic E-state index is -5.73. The molecule has 0 bridgehead atoms. The molecule has 1 aliphatic heterocycles. The summed E-state index contributed by atoms with van der Waals surface area (Å²) in [5.41, 5.74) is -5.79. The number of sulfone groups is 1. The number of carbonyl (C=O) groups is 1. The number of amides is 1. The number of hydrogen-bond donors (Lipinski definition) is 1. The molecule has 2 aromatic carbocycles. The van der Waals surface area contributed by atoms with Gasteiger partial charge in [0.15, 0.2) is 0 Å². The third-order valence-corrected chi connectivity index (χ3v) is 6.42. The highest BCUT2D eigenvalue weighted by Crippen LogP contribution is 2.37. The van der Waals surface area contributed by atoms with Gasteiger partial charge in [-0.05, 0) is 37.1 Å². The van der Waals surface area contributed by atoms with Crippen molar-refractivity contribution in [2.75, 3.05) is 23.3 Å². The van der Waals surface area contributed by atoms with Gasteiger partial charge in [0.2, 0.25) is 5.91 Å². The zero-order valence-electron chi connectivity index (χ0n) is 16.0. The van der Waals surface area contributed by atoms with Gasteiger partial charge in [0.25, 0.3) is 15.5 Å². The molecule has 0 saturated carbocycles. The predicted molar refractivity (Wildman–Crippen MR) is 106 cm³/mol. The van der Waals surface area contributed by atoms with E-state index in [0.717, 1.165) is 6.07 Å². The van der Waals surface area contributed by atoms with Crippen molar-refractivity contribution in [1.82, 2.24) is 0 Å². The van der Waals surface area contributed by atoms with Gasteiger partial charge in [-0.15, -0.1) is 0 Å². The Bertz CT molecular complexity index is 1090. The highest BCUT2D eigenvalue weighted by Gasteiger charge is 2.47. The quantitative estimate of drug-likeness (QED) is 0.541. The molecule has 0 aliphatic carbocycles. The summed E-state index contributed by atoms with van der Waals surface area (Å²) in [7, 11) is -5.73.